The molecule has 0 spiro atoms. The van der Waals surface area contributed by atoms with E-state index in [-0.39, 0.29) is 24.3 Å². The van der Waals surface area contributed by atoms with Gasteiger partial charge >= 0.3 is 0 Å². The Labute approximate surface area is 125 Å². The van der Waals surface area contributed by atoms with Crippen molar-refractivity contribution in [1.29, 1.82) is 0 Å². The Morgan fingerprint density at radius 2 is 1.76 bits per heavy atom. The molecule has 0 heterocycles. The van der Waals surface area contributed by atoms with Crippen molar-refractivity contribution in [2.75, 3.05) is 12.4 Å². The number of carbonyl (C=O) groups is 2. The molecule has 2 N–H and O–H groups in total. The molecule has 0 atom stereocenters. The number of amides is 2. The highest BCUT2D eigenvalue weighted by atomic mass is 16.5. The number of anilines is 1. The first kappa shape index (κ1) is 15.4. The van der Waals surface area contributed by atoms with Gasteiger partial charge in [0.15, 0.2) is 0 Å². The number of benzene rings is 1. The Morgan fingerprint density at radius 1 is 1.10 bits per heavy atom. The molecule has 21 heavy (non-hydrogen) atoms. The Morgan fingerprint density at radius 3 is 2.38 bits per heavy atom. The zero-order valence-corrected chi connectivity index (χ0v) is 12.4. The van der Waals surface area contributed by atoms with Crippen LogP contribution in [0.25, 0.3) is 0 Å². The lowest BCUT2D eigenvalue weighted by Crippen LogP contribution is -2.37. The van der Waals surface area contributed by atoms with E-state index in [1.54, 1.807) is 31.4 Å². The molecule has 1 aliphatic carbocycles. The predicted molar refractivity (Wildman–Crippen MR) is 81.3 cm³/mol. The molecule has 1 fully saturated rings. The molecule has 2 rings (SSSR count). The second-order valence-electron chi connectivity index (χ2n) is 5.36. The Kier molecular flexibility index (Phi) is 5.60. The molecule has 114 valence electrons. The lowest BCUT2D eigenvalue weighted by atomic mass is 9.95. The van der Waals surface area contributed by atoms with Crippen molar-refractivity contribution in [3.63, 3.8) is 0 Å². The van der Waals surface area contributed by atoms with Crippen molar-refractivity contribution < 1.29 is 14.3 Å². The van der Waals surface area contributed by atoms with Crippen LogP contribution in [-0.2, 0) is 9.59 Å². The van der Waals surface area contributed by atoms with Gasteiger partial charge in [0.25, 0.3) is 0 Å². The number of hydrogen-bond donors (Lipinski definition) is 2. The van der Waals surface area contributed by atoms with Crippen LogP contribution in [0.15, 0.2) is 24.3 Å². The number of rotatable bonds is 5. The Bertz CT molecular complexity index is 479. The van der Waals surface area contributed by atoms with E-state index in [1.807, 2.05) is 0 Å². The van der Waals surface area contributed by atoms with Gasteiger partial charge in [0.1, 0.15) is 12.2 Å². The largest absolute Gasteiger partial charge is 0.497 e. The standard InChI is InChI=1S/C16H22N2O3/c1-21-14-9-7-13(8-10-14)18-16(20)11-15(19)17-12-5-3-2-4-6-12/h7-10,12H,2-6,11H2,1H3,(H,17,19)(H,18,20). The van der Waals surface area contributed by atoms with Gasteiger partial charge in [-0.05, 0) is 37.1 Å². The van der Waals surface area contributed by atoms with Gasteiger partial charge in [-0.1, -0.05) is 19.3 Å². The lowest BCUT2D eigenvalue weighted by molar-refractivity contribution is -0.127. The van der Waals surface area contributed by atoms with Crippen molar-refractivity contribution >= 4 is 17.5 Å². The van der Waals surface area contributed by atoms with E-state index in [0.717, 1.165) is 31.4 Å². The van der Waals surface area contributed by atoms with Gasteiger partial charge in [0.2, 0.25) is 11.8 Å². The van der Waals surface area contributed by atoms with Crippen LogP contribution in [0, 0.1) is 0 Å². The van der Waals surface area contributed by atoms with E-state index in [4.69, 9.17) is 4.74 Å². The van der Waals surface area contributed by atoms with Crippen molar-refractivity contribution in [2.45, 2.75) is 44.6 Å². The number of hydrogen-bond acceptors (Lipinski definition) is 3. The molecule has 0 radical (unpaired) electrons. The smallest absolute Gasteiger partial charge is 0.233 e. The quantitative estimate of drug-likeness (QED) is 0.819. The number of ether oxygens (including phenoxy) is 1. The highest BCUT2D eigenvalue weighted by molar-refractivity contribution is 6.03. The molecule has 1 aromatic carbocycles. The zero-order valence-electron chi connectivity index (χ0n) is 12.4. The maximum absolute atomic E-state index is 11.8. The van der Waals surface area contributed by atoms with Crippen LogP contribution in [0.4, 0.5) is 5.69 Å². The second kappa shape index (κ2) is 7.67. The number of nitrogens with one attached hydrogen (secondary N) is 2. The van der Waals surface area contributed by atoms with Crippen LogP contribution in [0.1, 0.15) is 38.5 Å². The summed E-state index contributed by atoms with van der Waals surface area (Å²) >= 11 is 0. The predicted octanol–water partition coefficient (Wildman–Crippen LogP) is 2.47. The van der Waals surface area contributed by atoms with E-state index in [1.165, 1.54) is 6.42 Å². The molecular weight excluding hydrogens is 268 g/mol. The van der Waals surface area contributed by atoms with E-state index in [0.29, 0.717) is 5.69 Å². The Hall–Kier alpha value is -2.04. The molecule has 2 amide bonds. The first-order valence-corrected chi connectivity index (χ1v) is 7.40. The summed E-state index contributed by atoms with van der Waals surface area (Å²) in [6, 6.07) is 7.25. The topological polar surface area (TPSA) is 67.4 Å². The third kappa shape index (κ3) is 5.10. The normalized spacial score (nSPS) is 15.3. The lowest BCUT2D eigenvalue weighted by Gasteiger charge is -2.22. The molecule has 1 aromatic rings. The molecule has 5 nitrogen and oxygen atoms in total. The van der Waals surface area contributed by atoms with Gasteiger partial charge in [0.05, 0.1) is 7.11 Å². The van der Waals surface area contributed by atoms with Crippen LogP contribution < -0.4 is 15.4 Å². The second-order valence-corrected chi connectivity index (χ2v) is 5.36. The summed E-state index contributed by atoms with van der Waals surface area (Å²) in [7, 11) is 1.59. The first-order valence-electron chi connectivity index (χ1n) is 7.40. The molecule has 1 aliphatic rings. The maximum Gasteiger partial charge on any atom is 0.233 e. The molecule has 0 aliphatic heterocycles. The zero-order chi connectivity index (χ0) is 15.1. The van der Waals surface area contributed by atoms with Crippen LogP contribution in [0.3, 0.4) is 0 Å². The number of carbonyl (C=O) groups excluding carboxylic acids is 2. The molecule has 5 heteroatoms. The summed E-state index contributed by atoms with van der Waals surface area (Å²) in [4.78, 5) is 23.6. The average molecular weight is 290 g/mol. The average Bonchev–Trinajstić information content (AvgIpc) is 2.48. The van der Waals surface area contributed by atoms with Gasteiger partial charge in [0, 0.05) is 11.7 Å². The molecule has 0 aromatic heterocycles. The van der Waals surface area contributed by atoms with Gasteiger partial charge in [-0.25, -0.2) is 0 Å². The summed E-state index contributed by atoms with van der Waals surface area (Å²) in [6.07, 6.45) is 5.45. The van der Waals surface area contributed by atoms with Crippen LogP contribution in [0.2, 0.25) is 0 Å². The van der Waals surface area contributed by atoms with E-state index >= 15 is 0 Å². The summed E-state index contributed by atoms with van der Waals surface area (Å²) in [5.41, 5.74) is 0.659. The van der Waals surface area contributed by atoms with E-state index in [9.17, 15) is 9.59 Å². The fourth-order valence-electron chi connectivity index (χ4n) is 2.55. The third-order valence-corrected chi connectivity index (χ3v) is 3.67. The molecular formula is C16H22N2O3. The highest BCUT2D eigenvalue weighted by Crippen LogP contribution is 2.18. The van der Waals surface area contributed by atoms with Crippen molar-refractivity contribution in [1.82, 2.24) is 5.32 Å². The molecule has 0 saturated heterocycles. The van der Waals surface area contributed by atoms with E-state index in [2.05, 4.69) is 10.6 Å². The van der Waals surface area contributed by atoms with Crippen LogP contribution in [0.5, 0.6) is 5.75 Å². The maximum atomic E-state index is 11.8. The monoisotopic (exact) mass is 290 g/mol. The van der Waals surface area contributed by atoms with Gasteiger partial charge in [-0.2, -0.15) is 0 Å². The summed E-state index contributed by atoms with van der Waals surface area (Å²) in [5, 5.41) is 5.64. The SMILES string of the molecule is COc1ccc(NC(=O)CC(=O)NC2CCCCC2)cc1. The summed E-state index contributed by atoms with van der Waals surface area (Å²) in [5.74, 6) is 0.226. The minimum Gasteiger partial charge on any atom is -0.497 e. The molecule has 0 unspecified atom stereocenters. The number of methoxy groups -OCH3 is 1. The summed E-state index contributed by atoms with van der Waals surface area (Å²) in [6.45, 7) is 0. The minimum absolute atomic E-state index is 0.136. The van der Waals surface area contributed by atoms with E-state index < -0.39 is 0 Å². The van der Waals surface area contributed by atoms with Gasteiger partial charge in [-0.3, -0.25) is 9.59 Å². The van der Waals surface area contributed by atoms with Crippen LogP contribution in [-0.4, -0.2) is 25.0 Å². The van der Waals surface area contributed by atoms with Crippen molar-refractivity contribution in [3.8, 4) is 5.75 Å². The Balaban J connectivity index is 1.76. The highest BCUT2D eigenvalue weighted by Gasteiger charge is 2.17. The van der Waals surface area contributed by atoms with Crippen molar-refractivity contribution in [3.05, 3.63) is 24.3 Å². The fourth-order valence-corrected chi connectivity index (χ4v) is 2.55. The fraction of sp³-hybridized carbons (Fsp3) is 0.500. The van der Waals surface area contributed by atoms with Gasteiger partial charge < -0.3 is 15.4 Å². The molecule has 1 saturated carbocycles. The summed E-state index contributed by atoms with van der Waals surface area (Å²) < 4.78 is 5.05. The third-order valence-electron chi connectivity index (χ3n) is 3.67. The van der Waals surface area contributed by atoms with Crippen LogP contribution >= 0.6 is 0 Å². The minimum atomic E-state index is -0.298. The van der Waals surface area contributed by atoms with Gasteiger partial charge in [-0.15, -0.1) is 0 Å². The van der Waals surface area contributed by atoms with Crippen molar-refractivity contribution in [2.24, 2.45) is 0 Å². The molecule has 0 bridgehead atoms. The first-order chi connectivity index (χ1) is 10.2.